The largest absolute Gasteiger partial charge is 0.353 e. The Bertz CT molecular complexity index is 1450. The minimum Gasteiger partial charge on any atom is -0.353 e. The van der Waals surface area contributed by atoms with Crippen molar-refractivity contribution in [1.82, 2.24) is 29.5 Å². The van der Waals surface area contributed by atoms with Gasteiger partial charge in [-0.3, -0.25) is 4.79 Å². The molecule has 1 N–H and O–H groups in total. The number of H-pyrrole nitrogens is 1. The lowest BCUT2D eigenvalue weighted by Gasteiger charge is -2.40. The third kappa shape index (κ3) is 4.58. The minimum absolute atomic E-state index is 0.210. The SMILES string of the molecule is Cc1c(-c2[nH]c3ccc(N4CCN(C(=O)CCC(C)C)C[C@H]4C)nc3c2C(C)C)cn2ncnc2c1C. The highest BCUT2D eigenvalue weighted by molar-refractivity contribution is 5.90. The van der Waals surface area contributed by atoms with Gasteiger partial charge in [0.25, 0.3) is 0 Å². The molecular formula is C29H39N7O. The first-order valence-electron chi connectivity index (χ1n) is 13.5. The van der Waals surface area contributed by atoms with Crippen molar-refractivity contribution in [2.75, 3.05) is 24.5 Å². The van der Waals surface area contributed by atoms with Crippen molar-refractivity contribution < 1.29 is 4.79 Å². The number of amides is 1. The van der Waals surface area contributed by atoms with Crippen LogP contribution < -0.4 is 4.90 Å². The monoisotopic (exact) mass is 501 g/mol. The van der Waals surface area contributed by atoms with E-state index in [4.69, 9.17) is 4.98 Å². The first kappa shape index (κ1) is 25.2. The van der Waals surface area contributed by atoms with Gasteiger partial charge in [-0.15, -0.1) is 0 Å². The zero-order valence-electron chi connectivity index (χ0n) is 23.2. The van der Waals surface area contributed by atoms with Gasteiger partial charge in [-0.25, -0.2) is 14.5 Å². The number of carbonyl (C=O) groups excluding carboxylic acids is 1. The summed E-state index contributed by atoms with van der Waals surface area (Å²) >= 11 is 0. The molecule has 0 aromatic carbocycles. The molecule has 37 heavy (non-hydrogen) atoms. The van der Waals surface area contributed by atoms with E-state index >= 15 is 0 Å². The molecule has 1 fully saturated rings. The minimum atomic E-state index is 0.210. The van der Waals surface area contributed by atoms with Crippen LogP contribution in [0.3, 0.4) is 0 Å². The Kier molecular flexibility index (Phi) is 6.68. The number of aryl methyl sites for hydroxylation is 1. The normalized spacial score (nSPS) is 16.6. The zero-order chi connectivity index (χ0) is 26.4. The lowest BCUT2D eigenvalue weighted by molar-refractivity contribution is -0.132. The second kappa shape index (κ2) is 9.80. The molecule has 0 unspecified atom stereocenters. The number of aromatic nitrogens is 5. The van der Waals surface area contributed by atoms with Crippen molar-refractivity contribution in [3.8, 4) is 11.3 Å². The van der Waals surface area contributed by atoms with Crippen molar-refractivity contribution in [3.63, 3.8) is 0 Å². The number of nitrogens with zero attached hydrogens (tertiary/aromatic N) is 6. The van der Waals surface area contributed by atoms with Crippen LogP contribution >= 0.6 is 0 Å². The van der Waals surface area contributed by atoms with Gasteiger partial charge in [0, 0.05) is 49.4 Å². The van der Waals surface area contributed by atoms with Crippen LogP contribution in [0.4, 0.5) is 5.82 Å². The topological polar surface area (TPSA) is 82.4 Å². The standard InChI is InChI=1S/C29H39N7O/c1-17(2)8-11-25(37)34-12-13-35(19(5)14-34)24-10-9-23-28(33-24)26(18(3)4)27(32-23)22-15-36-29(30-16-31-36)21(7)20(22)6/h9-10,15-19,32H,8,11-14H2,1-7H3/t19-/m1/s1. The molecule has 8 heteroatoms. The molecule has 1 aliphatic rings. The number of anilines is 1. The molecule has 1 saturated heterocycles. The van der Waals surface area contributed by atoms with E-state index < -0.39 is 0 Å². The van der Waals surface area contributed by atoms with Gasteiger partial charge in [-0.05, 0) is 62.3 Å². The molecule has 4 aromatic heterocycles. The Hall–Kier alpha value is -3.42. The summed E-state index contributed by atoms with van der Waals surface area (Å²) in [6.45, 7) is 17.5. The van der Waals surface area contributed by atoms with Gasteiger partial charge in [-0.2, -0.15) is 5.10 Å². The van der Waals surface area contributed by atoms with Crippen molar-refractivity contribution in [2.45, 2.75) is 73.3 Å². The van der Waals surface area contributed by atoms with E-state index in [0.29, 0.717) is 12.3 Å². The van der Waals surface area contributed by atoms with Gasteiger partial charge in [0.05, 0.1) is 16.7 Å². The summed E-state index contributed by atoms with van der Waals surface area (Å²) in [5.74, 6) is 2.08. The average Bonchev–Trinajstić information content (AvgIpc) is 3.48. The van der Waals surface area contributed by atoms with Crippen LogP contribution in [0.5, 0.6) is 0 Å². The highest BCUT2D eigenvalue weighted by Crippen LogP contribution is 2.38. The Morgan fingerprint density at radius 3 is 2.62 bits per heavy atom. The molecule has 1 atom stereocenters. The summed E-state index contributed by atoms with van der Waals surface area (Å²) in [6, 6.07) is 4.47. The molecule has 8 nitrogen and oxygen atoms in total. The third-order valence-electron chi connectivity index (χ3n) is 7.85. The predicted octanol–water partition coefficient (Wildman–Crippen LogP) is 5.49. The number of aromatic amines is 1. The highest BCUT2D eigenvalue weighted by atomic mass is 16.2. The van der Waals surface area contributed by atoms with Crippen LogP contribution in [-0.4, -0.2) is 61.0 Å². The number of nitrogens with one attached hydrogen (secondary N) is 1. The molecule has 0 aliphatic carbocycles. The van der Waals surface area contributed by atoms with Crippen LogP contribution in [0.15, 0.2) is 24.7 Å². The first-order chi connectivity index (χ1) is 17.7. The Balaban J connectivity index is 1.48. The smallest absolute Gasteiger partial charge is 0.222 e. The maximum Gasteiger partial charge on any atom is 0.222 e. The van der Waals surface area contributed by atoms with Crippen LogP contribution in [0.25, 0.3) is 27.9 Å². The molecular weight excluding hydrogens is 462 g/mol. The molecule has 0 bridgehead atoms. The zero-order valence-corrected chi connectivity index (χ0v) is 23.2. The summed E-state index contributed by atoms with van der Waals surface area (Å²) in [7, 11) is 0. The lowest BCUT2D eigenvalue weighted by Crippen LogP contribution is -2.54. The number of rotatable bonds is 6. The average molecular weight is 502 g/mol. The van der Waals surface area contributed by atoms with Gasteiger partial charge in [-0.1, -0.05) is 27.7 Å². The quantitative estimate of drug-likeness (QED) is 0.378. The number of hydrogen-bond donors (Lipinski definition) is 1. The Labute approximate surface area is 219 Å². The van der Waals surface area contributed by atoms with Crippen molar-refractivity contribution in [1.29, 1.82) is 0 Å². The molecule has 0 radical (unpaired) electrons. The summed E-state index contributed by atoms with van der Waals surface area (Å²) < 4.78 is 1.86. The first-order valence-corrected chi connectivity index (χ1v) is 13.5. The highest BCUT2D eigenvalue weighted by Gasteiger charge is 2.28. The number of hydrogen-bond acceptors (Lipinski definition) is 5. The Morgan fingerprint density at radius 1 is 1.14 bits per heavy atom. The van der Waals surface area contributed by atoms with Crippen LogP contribution in [0.1, 0.15) is 70.1 Å². The molecule has 0 saturated carbocycles. The predicted molar refractivity (Wildman–Crippen MR) is 149 cm³/mol. The number of piperazine rings is 1. The maximum absolute atomic E-state index is 12.7. The van der Waals surface area contributed by atoms with Gasteiger partial charge in [0.15, 0.2) is 5.65 Å². The van der Waals surface area contributed by atoms with Crippen LogP contribution in [0, 0.1) is 19.8 Å². The van der Waals surface area contributed by atoms with Crippen LogP contribution in [-0.2, 0) is 4.79 Å². The molecule has 196 valence electrons. The number of fused-ring (bicyclic) bond motifs is 2. The second-order valence-corrected chi connectivity index (χ2v) is 11.3. The fraction of sp³-hybridized carbons (Fsp3) is 0.517. The van der Waals surface area contributed by atoms with E-state index in [2.05, 4.69) is 86.8 Å². The number of pyridine rings is 2. The molecule has 1 amide bonds. The second-order valence-electron chi connectivity index (χ2n) is 11.3. The molecule has 1 aliphatic heterocycles. The van der Waals surface area contributed by atoms with E-state index in [1.165, 1.54) is 11.1 Å². The summed E-state index contributed by atoms with van der Waals surface area (Å²) in [5.41, 5.74) is 8.71. The fourth-order valence-corrected chi connectivity index (χ4v) is 5.56. The summed E-state index contributed by atoms with van der Waals surface area (Å²) in [5, 5.41) is 4.40. The maximum atomic E-state index is 12.7. The van der Waals surface area contributed by atoms with E-state index in [9.17, 15) is 4.79 Å². The molecule has 5 rings (SSSR count). The van der Waals surface area contributed by atoms with Gasteiger partial charge in [0.2, 0.25) is 5.91 Å². The molecule has 4 aromatic rings. The number of carbonyl (C=O) groups is 1. The van der Waals surface area contributed by atoms with E-state index in [0.717, 1.165) is 65.4 Å². The van der Waals surface area contributed by atoms with E-state index in [1.54, 1.807) is 6.33 Å². The van der Waals surface area contributed by atoms with Gasteiger partial charge < -0.3 is 14.8 Å². The van der Waals surface area contributed by atoms with Crippen molar-refractivity contribution in [3.05, 3.63) is 41.3 Å². The summed E-state index contributed by atoms with van der Waals surface area (Å²) in [4.78, 5) is 30.4. The van der Waals surface area contributed by atoms with Gasteiger partial charge in [0.1, 0.15) is 12.1 Å². The van der Waals surface area contributed by atoms with E-state index in [-0.39, 0.29) is 17.9 Å². The molecule has 0 spiro atoms. The van der Waals surface area contributed by atoms with Crippen LogP contribution in [0.2, 0.25) is 0 Å². The van der Waals surface area contributed by atoms with Crippen molar-refractivity contribution >= 4 is 28.4 Å². The Morgan fingerprint density at radius 2 is 1.92 bits per heavy atom. The van der Waals surface area contributed by atoms with Gasteiger partial charge >= 0.3 is 0 Å². The third-order valence-corrected chi connectivity index (χ3v) is 7.85. The van der Waals surface area contributed by atoms with E-state index in [1.807, 2.05) is 9.42 Å². The summed E-state index contributed by atoms with van der Waals surface area (Å²) in [6.07, 6.45) is 5.26. The lowest BCUT2D eigenvalue weighted by atomic mass is 9.95. The van der Waals surface area contributed by atoms with Crippen molar-refractivity contribution in [2.24, 2.45) is 5.92 Å². The fourth-order valence-electron chi connectivity index (χ4n) is 5.56. The molecule has 5 heterocycles.